The molecule has 1 aliphatic rings. The molecule has 0 saturated heterocycles. The largest absolute Gasteiger partial charge is 0.508 e. The number of fused-ring (bicyclic) bond motifs is 1. The smallest absolute Gasteiger partial charge is 0.142 e. The Morgan fingerprint density at radius 2 is 1.79 bits per heavy atom. The molecule has 116 valence electrons. The van der Waals surface area contributed by atoms with Crippen LogP contribution in [-0.4, -0.2) is 10.1 Å². The number of nitrogens with zero attached hydrogens (tertiary/aromatic N) is 3. The molecule has 0 aliphatic heterocycles. The molecule has 24 heavy (non-hydrogen) atoms. The normalized spacial score (nSPS) is 14.4. The van der Waals surface area contributed by atoms with Crippen LogP contribution in [0.3, 0.4) is 0 Å². The lowest BCUT2D eigenvalue weighted by molar-refractivity contribution is 0.475. The number of benzene rings is 1. The van der Waals surface area contributed by atoms with Gasteiger partial charge in [0.2, 0.25) is 0 Å². The van der Waals surface area contributed by atoms with Gasteiger partial charge in [-0.1, -0.05) is 12.1 Å². The van der Waals surface area contributed by atoms with Crippen molar-refractivity contribution in [3.05, 3.63) is 57.8 Å². The van der Waals surface area contributed by atoms with Gasteiger partial charge in [-0.05, 0) is 54.3 Å². The number of rotatable bonds is 1. The molecule has 0 saturated carbocycles. The zero-order valence-corrected chi connectivity index (χ0v) is 13.3. The number of aromatic hydroxyl groups is 1. The van der Waals surface area contributed by atoms with Crippen molar-refractivity contribution in [2.75, 3.05) is 5.73 Å². The zero-order chi connectivity index (χ0) is 17.4. The van der Waals surface area contributed by atoms with Crippen LogP contribution in [0.2, 0.25) is 0 Å². The summed E-state index contributed by atoms with van der Waals surface area (Å²) in [6.07, 6.45) is 1.92. The first-order valence-corrected chi connectivity index (χ1v) is 7.31. The third-order valence-corrected chi connectivity index (χ3v) is 4.19. The van der Waals surface area contributed by atoms with Crippen LogP contribution in [0.25, 0.3) is 17.2 Å². The summed E-state index contributed by atoms with van der Waals surface area (Å²) in [5, 5.41) is 28.2. The minimum Gasteiger partial charge on any atom is -0.508 e. The average molecular weight is 314 g/mol. The molecule has 0 unspecified atom stereocenters. The molecule has 5 nitrogen and oxygen atoms in total. The highest BCUT2D eigenvalue weighted by Gasteiger charge is 2.29. The van der Waals surface area contributed by atoms with E-state index < -0.39 is 0 Å². The monoisotopic (exact) mass is 314 g/mol. The molecule has 1 heterocycles. The SMILES string of the molecule is CC1=C(C#N)c2nc(N)c(C#N)c(C)c2/C1=C/c1ccc(O)cc1. The topological polar surface area (TPSA) is 107 Å². The van der Waals surface area contributed by atoms with Crippen LogP contribution in [-0.2, 0) is 0 Å². The Labute approximate surface area is 139 Å². The number of allylic oxidation sites excluding steroid dienone is 3. The molecule has 1 aromatic carbocycles. The maximum absolute atomic E-state index is 9.50. The fourth-order valence-corrected chi connectivity index (χ4v) is 2.93. The minimum atomic E-state index is 0.139. The summed E-state index contributed by atoms with van der Waals surface area (Å²) < 4.78 is 0. The number of hydrogen-bond donors (Lipinski definition) is 2. The highest BCUT2D eigenvalue weighted by atomic mass is 16.3. The summed E-state index contributed by atoms with van der Waals surface area (Å²) in [6.45, 7) is 3.67. The quantitative estimate of drug-likeness (QED) is 0.839. The molecule has 5 heteroatoms. The van der Waals surface area contributed by atoms with Crippen molar-refractivity contribution in [2.24, 2.45) is 0 Å². The zero-order valence-electron chi connectivity index (χ0n) is 13.3. The summed E-state index contributed by atoms with van der Waals surface area (Å²) in [5.74, 6) is 0.325. The first-order valence-electron chi connectivity index (χ1n) is 7.31. The summed E-state index contributed by atoms with van der Waals surface area (Å²) >= 11 is 0. The van der Waals surface area contributed by atoms with Crippen LogP contribution in [0, 0.1) is 29.6 Å². The van der Waals surface area contributed by atoms with E-state index in [1.807, 2.05) is 19.9 Å². The fourth-order valence-electron chi connectivity index (χ4n) is 2.93. The first kappa shape index (κ1) is 15.3. The number of pyridine rings is 1. The molecule has 3 rings (SSSR count). The van der Waals surface area contributed by atoms with Crippen LogP contribution in [0.4, 0.5) is 5.82 Å². The van der Waals surface area contributed by atoms with Gasteiger partial charge in [0.1, 0.15) is 23.7 Å². The van der Waals surface area contributed by atoms with Crippen molar-refractivity contribution in [2.45, 2.75) is 13.8 Å². The molecule has 0 bridgehead atoms. The lowest BCUT2D eigenvalue weighted by atomic mass is 9.95. The highest BCUT2D eigenvalue weighted by molar-refractivity contribution is 6.08. The van der Waals surface area contributed by atoms with Crippen molar-refractivity contribution in [1.29, 1.82) is 10.5 Å². The Balaban J connectivity index is 2.31. The summed E-state index contributed by atoms with van der Waals surface area (Å²) in [4.78, 5) is 4.29. The molecule has 0 spiro atoms. The second-order valence-electron chi connectivity index (χ2n) is 5.59. The van der Waals surface area contributed by atoms with Crippen LogP contribution in [0.15, 0.2) is 29.8 Å². The van der Waals surface area contributed by atoms with E-state index in [0.29, 0.717) is 16.8 Å². The Bertz CT molecular complexity index is 1000. The number of nitrogens with two attached hydrogens (primary N) is 1. The van der Waals surface area contributed by atoms with Gasteiger partial charge in [0, 0.05) is 5.56 Å². The molecule has 1 aromatic heterocycles. The third-order valence-electron chi connectivity index (χ3n) is 4.19. The van der Waals surface area contributed by atoms with Crippen molar-refractivity contribution >= 4 is 23.0 Å². The van der Waals surface area contributed by atoms with Crippen LogP contribution in [0.5, 0.6) is 5.75 Å². The molecule has 0 fully saturated rings. The van der Waals surface area contributed by atoms with Gasteiger partial charge in [0.05, 0.1) is 16.8 Å². The van der Waals surface area contributed by atoms with Gasteiger partial charge in [-0.15, -0.1) is 0 Å². The van der Waals surface area contributed by atoms with E-state index >= 15 is 0 Å². The van der Waals surface area contributed by atoms with Gasteiger partial charge in [-0.2, -0.15) is 10.5 Å². The maximum atomic E-state index is 9.50. The highest BCUT2D eigenvalue weighted by Crippen LogP contribution is 2.44. The van der Waals surface area contributed by atoms with Crippen LogP contribution in [0.1, 0.15) is 34.9 Å². The Kier molecular flexibility index (Phi) is 3.56. The molecular formula is C19H14N4O. The number of nitrogen functional groups attached to an aromatic ring is 1. The van der Waals surface area contributed by atoms with Gasteiger partial charge in [-0.3, -0.25) is 0 Å². The number of phenols is 1. The number of nitriles is 2. The van der Waals surface area contributed by atoms with Gasteiger partial charge < -0.3 is 10.8 Å². The Morgan fingerprint density at radius 1 is 1.12 bits per heavy atom. The van der Waals surface area contributed by atoms with E-state index in [2.05, 4.69) is 17.1 Å². The minimum absolute atomic E-state index is 0.139. The first-order chi connectivity index (χ1) is 11.5. The molecule has 0 radical (unpaired) electrons. The molecule has 3 N–H and O–H groups in total. The second-order valence-corrected chi connectivity index (χ2v) is 5.59. The number of anilines is 1. The molecule has 1 aliphatic carbocycles. The third kappa shape index (κ3) is 2.20. The summed E-state index contributed by atoms with van der Waals surface area (Å²) in [7, 11) is 0. The maximum Gasteiger partial charge on any atom is 0.142 e. The average Bonchev–Trinajstić information content (AvgIpc) is 2.81. The molecule has 0 atom stereocenters. The van der Waals surface area contributed by atoms with Gasteiger partial charge in [-0.25, -0.2) is 4.98 Å². The van der Waals surface area contributed by atoms with Gasteiger partial charge in [0.25, 0.3) is 0 Å². The van der Waals surface area contributed by atoms with Crippen molar-refractivity contribution in [1.82, 2.24) is 4.98 Å². The standard InChI is InChI=1S/C19H14N4O/c1-10-14(7-12-3-5-13(24)6-4-12)17-11(2)16(9-21)19(22)23-18(17)15(10)8-20/h3-7,24H,1-2H3,(H2,22,23)/b14-7+. The van der Waals surface area contributed by atoms with Crippen molar-refractivity contribution < 1.29 is 5.11 Å². The van der Waals surface area contributed by atoms with E-state index in [1.165, 1.54) is 0 Å². The fraction of sp³-hybridized carbons (Fsp3) is 0.105. The van der Waals surface area contributed by atoms with Gasteiger partial charge >= 0.3 is 0 Å². The van der Waals surface area contributed by atoms with Gasteiger partial charge in [0.15, 0.2) is 0 Å². The predicted molar refractivity (Wildman–Crippen MR) is 92.3 cm³/mol. The summed E-state index contributed by atoms with van der Waals surface area (Å²) in [5.41, 5.74) is 11.2. The number of hydrogen-bond acceptors (Lipinski definition) is 5. The summed E-state index contributed by atoms with van der Waals surface area (Å²) in [6, 6.07) is 11.0. The van der Waals surface area contributed by atoms with E-state index in [0.717, 1.165) is 27.8 Å². The van der Waals surface area contributed by atoms with Crippen LogP contribution < -0.4 is 5.73 Å². The van der Waals surface area contributed by atoms with E-state index in [9.17, 15) is 15.6 Å². The van der Waals surface area contributed by atoms with Crippen molar-refractivity contribution in [3.8, 4) is 17.9 Å². The second kappa shape index (κ2) is 5.57. The molecular weight excluding hydrogens is 300 g/mol. The molecule has 2 aromatic rings. The van der Waals surface area contributed by atoms with E-state index in [4.69, 9.17) is 5.73 Å². The Morgan fingerprint density at radius 3 is 2.38 bits per heavy atom. The number of phenolic OH excluding ortho intramolecular Hbond substituents is 1. The Hall–Kier alpha value is -3.57. The number of aromatic nitrogens is 1. The lowest BCUT2D eigenvalue weighted by Crippen LogP contribution is -2.03. The van der Waals surface area contributed by atoms with Crippen LogP contribution >= 0.6 is 0 Å². The van der Waals surface area contributed by atoms with E-state index in [1.54, 1.807) is 24.3 Å². The predicted octanol–water partition coefficient (Wildman–Crippen LogP) is 3.40. The van der Waals surface area contributed by atoms with Crippen molar-refractivity contribution in [3.63, 3.8) is 0 Å². The lowest BCUT2D eigenvalue weighted by Gasteiger charge is -2.11. The van der Waals surface area contributed by atoms with E-state index in [-0.39, 0.29) is 11.6 Å². The molecule has 0 amide bonds.